The maximum Gasteiger partial charge on any atom is 0.289 e. The number of halogens is 1. The standard InChI is InChI=1S/C16H18N2O2.ClH/c19-15(14-9-12-3-1-2-4-13(12)20-14)18-8-6-16(11-18)5-7-17-10-16;/h1-4,9,17H,5-8,10-11H2;1H. The lowest BCUT2D eigenvalue weighted by atomic mass is 9.87. The van der Waals surface area contributed by atoms with Crippen LogP contribution in [0.5, 0.6) is 0 Å². The molecule has 2 aliphatic rings. The molecule has 0 saturated carbocycles. The van der Waals surface area contributed by atoms with Gasteiger partial charge in [-0.2, -0.15) is 0 Å². The molecular formula is C16H19ClN2O2. The Labute approximate surface area is 129 Å². The molecule has 2 fully saturated rings. The summed E-state index contributed by atoms with van der Waals surface area (Å²) < 4.78 is 5.69. The highest BCUT2D eigenvalue weighted by molar-refractivity contribution is 5.96. The zero-order valence-electron chi connectivity index (χ0n) is 11.8. The quantitative estimate of drug-likeness (QED) is 0.881. The Hall–Kier alpha value is -1.52. The van der Waals surface area contributed by atoms with E-state index in [1.54, 1.807) is 0 Å². The van der Waals surface area contributed by atoms with Gasteiger partial charge in [-0.25, -0.2) is 0 Å². The van der Waals surface area contributed by atoms with Gasteiger partial charge in [0, 0.05) is 30.4 Å². The zero-order valence-corrected chi connectivity index (χ0v) is 12.6. The van der Waals surface area contributed by atoms with Gasteiger partial charge in [0.05, 0.1) is 0 Å². The SMILES string of the molecule is Cl.O=C(c1cc2ccccc2o1)N1CCC2(CCNC2)C1. The number of furan rings is 1. The van der Waals surface area contributed by atoms with Crippen molar-refractivity contribution in [2.45, 2.75) is 12.8 Å². The number of hydrogen-bond donors (Lipinski definition) is 1. The minimum atomic E-state index is 0. The molecule has 1 unspecified atom stereocenters. The number of likely N-dealkylation sites (tertiary alicyclic amines) is 1. The van der Waals surface area contributed by atoms with Gasteiger partial charge in [0.2, 0.25) is 0 Å². The third-order valence-electron chi connectivity index (χ3n) is 4.69. The monoisotopic (exact) mass is 306 g/mol. The lowest BCUT2D eigenvalue weighted by molar-refractivity contribution is 0.0746. The molecule has 112 valence electrons. The number of amides is 1. The zero-order chi connectivity index (χ0) is 13.6. The summed E-state index contributed by atoms with van der Waals surface area (Å²) in [4.78, 5) is 14.5. The van der Waals surface area contributed by atoms with Crippen molar-refractivity contribution in [3.05, 3.63) is 36.1 Å². The molecule has 1 spiro atoms. The number of carbonyl (C=O) groups excluding carboxylic acids is 1. The fourth-order valence-corrected chi connectivity index (χ4v) is 3.50. The fourth-order valence-electron chi connectivity index (χ4n) is 3.50. The number of rotatable bonds is 1. The largest absolute Gasteiger partial charge is 0.451 e. The van der Waals surface area contributed by atoms with Crippen LogP contribution in [0.1, 0.15) is 23.4 Å². The summed E-state index contributed by atoms with van der Waals surface area (Å²) in [7, 11) is 0. The number of hydrogen-bond acceptors (Lipinski definition) is 3. The van der Waals surface area contributed by atoms with Crippen molar-refractivity contribution < 1.29 is 9.21 Å². The van der Waals surface area contributed by atoms with Gasteiger partial charge in [0.1, 0.15) is 5.58 Å². The van der Waals surface area contributed by atoms with Crippen molar-refractivity contribution >= 4 is 29.3 Å². The molecule has 5 heteroatoms. The van der Waals surface area contributed by atoms with Crippen LogP contribution < -0.4 is 5.32 Å². The highest BCUT2D eigenvalue weighted by Gasteiger charge is 2.42. The summed E-state index contributed by atoms with van der Waals surface area (Å²) in [5.41, 5.74) is 1.09. The Morgan fingerprint density at radius 3 is 2.90 bits per heavy atom. The number of fused-ring (bicyclic) bond motifs is 1. The summed E-state index contributed by atoms with van der Waals surface area (Å²) in [6.45, 7) is 3.82. The molecule has 4 rings (SSSR count). The fraction of sp³-hybridized carbons (Fsp3) is 0.438. The Morgan fingerprint density at radius 1 is 1.29 bits per heavy atom. The molecule has 4 nitrogen and oxygen atoms in total. The molecule has 1 aromatic heterocycles. The van der Waals surface area contributed by atoms with Crippen LogP contribution in [0.25, 0.3) is 11.0 Å². The molecule has 0 bridgehead atoms. The van der Waals surface area contributed by atoms with Crippen molar-refractivity contribution in [3.63, 3.8) is 0 Å². The third kappa shape index (κ3) is 2.43. The summed E-state index contributed by atoms with van der Waals surface area (Å²) in [6.07, 6.45) is 2.28. The predicted octanol–water partition coefficient (Wildman–Crippen LogP) is 2.68. The van der Waals surface area contributed by atoms with E-state index in [4.69, 9.17) is 4.42 Å². The van der Waals surface area contributed by atoms with Crippen LogP contribution in [0.2, 0.25) is 0 Å². The number of benzene rings is 1. The first kappa shape index (κ1) is 14.4. The minimum absolute atomic E-state index is 0. The van der Waals surface area contributed by atoms with E-state index in [2.05, 4.69) is 5.32 Å². The van der Waals surface area contributed by atoms with Crippen LogP contribution in [0.15, 0.2) is 34.7 Å². The highest BCUT2D eigenvalue weighted by atomic mass is 35.5. The smallest absolute Gasteiger partial charge is 0.289 e. The van der Waals surface area contributed by atoms with E-state index < -0.39 is 0 Å². The van der Waals surface area contributed by atoms with Crippen LogP contribution in [0.4, 0.5) is 0 Å². The van der Waals surface area contributed by atoms with Gasteiger partial charge >= 0.3 is 0 Å². The van der Waals surface area contributed by atoms with Crippen LogP contribution in [0, 0.1) is 5.41 Å². The molecule has 2 saturated heterocycles. The van der Waals surface area contributed by atoms with Gasteiger partial charge in [-0.05, 0) is 31.5 Å². The first-order valence-electron chi connectivity index (χ1n) is 7.24. The number of carbonyl (C=O) groups is 1. The van der Waals surface area contributed by atoms with E-state index in [-0.39, 0.29) is 18.3 Å². The Balaban J connectivity index is 0.00000132. The van der Waals surface area contributed by atoms with Crippen molar-refractivity contribution in [1.29, 1.82) is 0 Å². The second kappa shape index (κ2) is 5.35. The van der Waals surface area contributed by atoms with E-state index in [9.17, 15) is 4.79 Å². The first-order chi connectivity index (χ1) is 9.76. The molecule has 2 aromatic rings. The summed E-state index contributed by atoms with van der Waals surface area (Å²) >= 11 is 0. The van der Waals surface area contributed by atoms with Crippen molar-refractivity contribution in [1.82, 2.24) is 10.2 Å². The average Bonchev–Trinajstić information content (AvgIpc) is 3.19. The van der Waals surface area contributed by atoms with E-state index >= 15 is 0 Å². The first-order valence-corrected chi connectivity index (χ1v) is 7.24. The van der Waals surface area contributed by atoms with Crippen LogP contribution in [-0.4, -0.2) is 37.0 Å². The number of nitrogens with one attached hydrogen (secondary N) is 1. The van der Waals surface area contributed by atoms with Crippen LogP contribution >= 0.6 is 12.4 Å². The normalized spacial score (nSPS) is 24.7. The second-order valence-corrected chi connectivity index (χ2v) is 6.05. The Morgan fingerprint density at radius 2 is 2.14 bits per heavy atom. The summed E-state index contributed by atoms with van der Waals surface area (Å²) in [5.74, 6) is 0.499. The van der Waals surface area contributed by atoms with Gasteiger partial charge in [-0.1, -0.05) is 18.2 Å². The lowest BCUT2D eigenvalue weighted by Gasteiger charge is -2.22. The minimum Gasteiger partial charge on any atom is -0.451 e. The number of para-hydroxylation sites is 1. The maximum atomic E-state index is 12.6. The summed E-state index contributed by atoms with van der Waals surface area (Å²) in [6, 6.07) is 9.62. The van der Waals surface area contributed by atoms with Crippen molar-refractivity contribution in [2.24, 2.45) is 5.41 Å². The van der Waals surface area contributed by atoms with Crippen molar-refractivity contribution in [2.75, 3.05) is 26.2 Å². The van der Waals surface area contributed by atoms with E-state index in [0.29, 0.717) is 11.2 Å². The van der Waals surface area contributed by atoms with E-state index in [0.717, 1.165) is 43.6 Å². The maximum absolute atomic E-state index is 12.6. The molecule has 1 atom stereocenters. The highest BCUT2D eigenvalue weighted by Crippen LogP contribution is 2.36. The second-order valence-electron chi connectivity index (χ2n) is 6.05. The molecule has 1 N–H and O–H groups in total. The molecule has 3 heterocycles. The van der Waals surface area contributed by atoms with Gasteiger partial charge < -0.3 is 14.6 Å². The third-order valence-corrected chi connectivity index (χ3v) is 4.69. The molecule has 0 radical (unpaired) electrons. The van der Waals surface area contributed by atoms with Crippen molar-refractivity contribution in [3.8, 4) is 0 Å². The molecule has 0 aliphatic carbocycles. The molecule has 2 aliphatic heterocycles. The average molecular weight is 307 g/mol. The van der Waals surface area contributed by atoms with Gasteiger partial charge in [-0.15, -0.1) is 12.4 Å². The molecule has 21 heavy (non-hydrogen) atoms. The molecular weight excluding hydrogens is 288 g/mol. The summed E-state index contributed by atoms with van der Waals surface area (Å²) in [5, 5.41) is 4.41. The van der Waals surface area contributed by atoms with Crippen LogP contribution in [-0.2, 0) is 0 Å². The Bertz CT molecular complexity index is 628. The Kier molecular flexibility index (Phi) is 3.68. The molecule has 1 amide bonds. The van der Waals surface area contributed by atoms with E-state index in [1.807, 2.05) is 35.2 Å². The van der Waals surface area contributed by atoms with Gasteiger partial charge in [-0.3, -0.25) is 4.79 Å². The topological polar surface area (TPSA) is 45.5 Å². The number of nitrogens with zero attached hydrogens (tertiary/aromatic N) is 1. The predicted molar refractivity (Wildman–Crippen MR) is 83.9 cm³/mol. The molecule has 1 aromatic carbocycles. The van der Waals surface area contributed by atoms with Gasteiger partial charge in [0.25, 0.3) is 5.91 Å². The van der Waals surface area contributed by atoms with Crippen LogP contribution in [0.3, 0.4) is 0 Å². The lowest BCUT2D eigenvalue weighted by Crippen LogP contribution is -2.33. The van der Waals surface area contributed by atoms with E-state index in [1.165, 1.54) is 6.42 Å². The van der Waals surface area contributed by atoms with Gasteiger partial charge in [0.15, 0.2) is 5.76 Å².